The number of aryl methyl sites for hydroxylation is 2. The van der Waals surface area contributed by atoms with E-state index in [-0.39, 0.29) is 10.8 Å². The molecule has 7 heteroatoms. The van der Waals surface area contributed by atoms with Crippen LogP contribution in [0.2, 0.25) is 0 Å². The highest BCUT2D eigenvalue weighted by molar-refractivity contribution is 7.92. The van der Waals surface area contributed by atoms with Crippen LogP contribution >= 0.6 is 0 Å². The molecule has 0 aliphatic carbocycles. The van der Waals surface area contributed by atoms with Gasteiger partial charge < -0.3 is 10.2 Å². The van der Waals surface area contributed by atoms with Gasteiger partial charge in [0, 0.05) is 30.9 Å². The number of anilines is 1. The fourth-order valence-electron chi connectivity index (χ4n) is 3.01. The fraction of sp³-hybridized carbons (Fsp3) is 0.350. The van der Waals surface area contributed by atoms with Crippen molar-refractivity contribution in [3.63, 3.8) is 0 Å². The lowest BCUT2D eigenvalue weighted by molar-refractivity contribution is 0.0766. The lowest BCUT2D eigenvalue weighted by Gasteiger charge is -2.20. The van der Waals surface area contributed by atoms with Gasteiger partial charge in [-0.3, -0.25) is 9.52 Å². The highest BCUT2D eigenvalue weighted by Gasteiger charge is 2.18. The Balaban J connectivity index is 1.73. The lowest BCUT2D eigenvalue weighted by Crippen LogP contribution is -2.34. The summed E-state index contributed by atoms with van der Waals surface area (Å²) in [5, 5.41) is 3.27. The maximum atomic E-state index is 12.6. The third-order valence-corrected chi connectivity index (χ3v) is 6.18. The molecule has 0 saturated carbocycles. The first-order valence-corrected chi connectivity index (χ1v) is 10.6. The van der Waals surface area contributed by atoms with E-state index in [1.54, 1.807) is 42.5 Å². The normalized spacial score (nSPS) is 15.3. The van der Waals surface area contributed by atoms with E-state index >= 15 is 0 Å². The van der Waals surface area contributed by atoms with Crippen molar-refractivity contribution in [3.8, 4) is 0 Å². The summed E-state index contributed by atoms with van der Waals surface area (Å²) in [6, 6.07) is 11.6. The summed E-state index contributed by atoms with van der Waals surface area (Å²) in [4.78, 5) is 14.7. The summed E-state index contributed by atoms with van der Waals surface area (Å²) in [5.41, 5.74) is 2.96. The number of nitrogens with zero attached hydrogens (tertiary/aromatic N) is 1. The van der Waals surface area contributed by atoms with Gasteiger partial charge in [-0.05, 0) is 74.3 Å². The Labute approximate surface area is 160 Å². The second-order valence-electron chi connectivity index (χ2n) is 6.82. The van der Waals surface area contributed by atoms with Crippen molar-refractivity contribution in [1.29, 1.82) is 0 Å². The monoisotopic (exact) mass is 387 g/mol. The van der Waals surface area contributed by atoms with Gasteiger partial charge >= 0.3 is 0 Å². The van der Waals surface area contributed by atoms with Gasteiger partial charge in [0.2, 0.25) is 0 Å². The quantitative estimate of drug-likeness (QED) is 0.845. The maximum Gasteiger partial charge on any atom is 0.261 e. The molecule has 1 amide bonds. The minimum atomic E-state index is -3.66. The Morgan fingerprint density at radius 2 is 1.74 bits per heavy atom. The molecule has 1 heterocycles. The summed E-state index contributed by atoms with van der Waals surface area (Å²) in [6.45, 7) is 6.94. The predicted octanol–water partition coefficient (Wildman–Crippen LogP) is 2.54. The zero-order chi connectivity index (χ0) is 19.4. The first kappa shape index (κ1) is 19.4. The molecule has 1 saturated heterocycles. The summed E-state index contributed by atoms with van der Waals surface area (Å²) in [5.74, 6) is -0.0257. The van der Waals surface area contributed by atoms with E-state index in [0.717, 1.165) is 37.2 Å². The van der Waals surface area contributed by atoms with E-state index in [1.165, 1.54) is 0 Å². The standard InChI is InChI=1S/C20H25N3O3S/c1-15-4-9-19(14-16(15)2)27(25,26)22-18-7-5-17(6-8-18)20(24)23-12-3-10-21-11-13-23/h4-9,14,21-22H,3,10-13H2,1-2H3. The van der Waals surface area contributed by atoms with Crippen molar-refractivity contribution in [2.24, 2.45) is 0 Å². The number of amides is 1. The highest BCUT2D eigenvalue weighted by Crippen LogP contribution is 2.19. The van der Waals surface area contributed by atoms with E-state index < -0.39 is 10.0 Å². The van der Waals surface area contributed by atoms with Gasteiger partial charge in [0.05, 0.1) is 4.90 Å². The van der Waals surface area contributed by atoms with Crippen molar-refractivity contribution >= 4 is 21.6 Å². The predicted molar refractivity (Wildman–Crippen MR) is 107 cm³/mol. The van der Waals surface area contributed by atoms with Crippen LogP contribution in [0.3, 0.4) is 0 Å². The van der Waals surface area contributed by atoms with E-state index in [9.17, 15) is 13.2 Å². The van der Waals surface area contributed by atoms with Gasteiger partial charge in [-0.15, -0.1) is 0 Å². The van der Waals surface area contributed by atoms with E-state index in [2.05, 4.69) is 10.0 Å². The molecule has 27 heavy (non-hydrogen) atoms. The van der Waals surface area contributed by atoms with Crippen LogP contribution < -0.4 is 10.0 Å². The van der Waals surface area contributed by atoms with Crippen molar-refractivity contribution < 1.29 is 13.2 Å². The van der Waals surface area contributed by atoms with Crippen LogP contribution in [-0.2, 0) is 10.0 Å². The van der Waals surface area contributed by atoms with Gasteiger partial charge in [-0.25, -0.2) is 8.42 Å². The topological polar surface area (TPSA) is 78.5 Å². The molecule has 144 valence electrons. The molecule has 6 nitrogen and oxygen atoms in total. The lowest BCUT2D eigenvalue weighted by atomic mass is 10.1. The molecule has 0 bridgehead atoms. The number of nitrogens with one attached hydrogen (secondary N) is 2. The molecule has 0 unspecified atom stereocenters. The number of benzene rings is 2. The molecular formula is C20H25N3O3S. The van der Waals surface area contributed by atoms with Crippen molar-refractivity contribution in [3.05, 3.63) is 59.2 Å². The third kappa shape index (κ3) is 4.67. The number of sulfonamides is 1. The number of rotatable bonds is 4. The van der Waals surface area contributed by atoms with E-state index in [0.29, 0.717) is 17.8 Å². The van der Waals surface area contributed by atoms with Crippen LogP contribution in [0.4, 0.5) is 5.69 Å². The molecule has 2 N–H and O–H groups in total. The van der Waals surface area contributed by atoms with Crippen molar-refractivity contribution in [2.75, 3.05) is 30.9 Å². The smallest absolute Gasteiger partial charge is 0.261 e. The molecular weight excluding hydrogens is 362 g/mol. The SMILES string of the molecule is Cc1ccc(S(=O)(=O)Nc2ccc(C(=O)N3CCCNCC3)cc2)cc1C. The minimum Gasteiger partial charge on any atom is -0.337 e. The Bertz CT molecular complexity index is 916. The summed E-state index contributed by atoms with van der Waals surface area (Å²) >= 11 is 0. The summed E-state index contributed by atoms with van der Waals surface area (Å²) in [6.07, 6.45) is 0.930. The molecule has 0 radical (unpaired) electrons. The molecule has 1 fully saturated rings. The molecule has 1 aliphatic heterocycles. The Morgan fingerprint density at radius 1 is 1.00 bits per heavy atom. The molecule has 0 spiro atoms. The third-order valence-electron chi connectivity index (χ3n) is 4.80. The maximum absolute atomic E-state index is 12.6. The average Bonchev–Trinajstić information content (AvgIpc) is 2.93. The van der Waals surface area contributed by atoms with E-state index in [1.807, 2.05) is 18.7 Å². The van der Waals surface area contributed by atoms with Crippen LogP contribution in [0.1, 0.15) is 27.9 Å². The minimum absolute atomic E-state index is 0.0257. The highest BCUT2D eigenvalue weighted by atomic mass is 32.2. The van der Waals surface area contributed by atoms with Crippen LogP contribution in [0.25, 0.3) is 0 Å². The van der Waals surface area contributed by atoms with E-state index in [4.69, 9.17) is 0 Å². The van der Waals surface area contributed by atoms with Crippen molar-refractivity contribution in [1.82, 2.24) is 10.2 Å². The molecule has 2 aromatic carbocycles. The molecule has 0 atom stereocenters. The first-order valence-electron chi connectivity index (χ1n) is 9.07. The van der Waals surface area contributed by atoms with Crippen LogP contribution in [0, 0.1) is 13.8 Å². The number of hydrogen-bond acceptors (Lipinski definition) is 4. The summed E-state index contributed by atoms with van der Waals surface area (Å²) in [7, 11) is -3.66. The Kier molecular flexibility index (Phi) is 5.82. The average molecular weight is 388 g/mol. The number of hydrogen-bond donors (Lipinski definition) is 2. The van der Waals surface area contributed by atoms with Crippen LogP contribution in [-0.4, -0.2) is 45.4 Å². The van der Waals surface area contributed by atoms with Gasteiger partial charge in [-0.1, -0.05) is 6.07 Å². The fourth-order valence-corrected chi connectivity index (χ4v) is 4.15. The van der Waals surface area contributed by atoms with Gasteiger partial charge in [-0.2, -0.15) is 0 Å². The zero-order valence-electron chi connectivity index (χ0n) is 15.7. The largest absolute Gasteiger partial charge is 0.337 e. The number of carbonyl (C=O) groups excluding carboxylic acids is 1. The van der Waals surface area contributed by atoms with Crippen LogP contribution in [0.15, 0.2) is 47.4 Å². The van der Waals surface area contributed by atoms with Gasteiger partial charge in [0.15, 0.2) is 0 Å². The molecule has 2 aromatic rings. The Hall–Kier alpha value is -2.38. The first-order chi connectivity index (χ1) is 12.9. The van der Waals surface area contributed by atoms with Crippen LogP contribution in [0.5, 0.6) is 0 Å². The molecule has 3 rings (SSSR count). The summed E-state index contributed by atoms with van der Waals surface area (Å²) < 4.78 is 27.7. The van der Waals surface area contributed by atoms with Gasteiger partial charge in [0.1, 0.15) is 0 Å². The van der Waals surface area contributed by atoms with Crippen molar-refractivity contribution in [2.45, 2.75) is 25.2 Å². The second kappa shape index (κ2) is 8.10. The molecule has 1 aliphatic rings. The zero-order valence-corrected chi connectivity index (χ0v) is 16.5. The molecule has 0 aromatic heterocycles. The second-order valence-corrected chi connectivity index (χ2v) is 8.51. The number of carbonyl (C=O) groups is 1. The van der Waals surface area contributed by atoms with Gasteiger partial charge in [0.25, 0.3) is 15.9 Å². The Morgan fingerprint density at radius 3 is 2.44 bits per heavy atom.